The van der Waals surface area contributed by atoms with E-state index in [4.69, 9.17) is 0 Å². The van der Waals surface area contributed by atoms with Gasteiger partial charge < -0.3 is 14.6 Å². The van der Waals surface area contributed by atoms with Crippen LogP contribution in [0.15, 0.2) is 12.5 Å². The van der Waals surface area contributed by atoms with Crippen LogP contribution in [-0.2, 0) is 16.1 Å². The second-order valence-electron chi connectivity index (χ2n) is 3.63. The third-order valence-corrected chi connectivity index (χ3v) is 2.51. The maximum absolute atomic E-state index is 11.3. The van der Waals surface area contributed by atoms with Crippen LogP contribution in [0.25, 0.3) is 0 Å². The molecule has 0 aliphatic carbocycles. The van der Waals surface area contributed by atoms with Crippen molar-refractivity contribution < 1.29 is 9.53 Å². The third kappa shape index (κ3) is 3.06. The zero-order chi connectivity index (χ0) is 12.0. The molecule has 0 aliphatic heterocycles. The molecule has 0 saturated heterocycles. The SMILES string of the molecule is CCCn1cncc1C(CC(=O)OC)NC. The summed E-state index contributed by atoms with van der Waals surface area (Å²) >= 11 is 0. The van der Waals surface area contributed by atoms with Crippen LogP contribution < -0.4 is 5.32 Å². The molecule has 0 bridgehead atoms. The average molecular weight is 225 g/mol. The van der Waals surface area contributed by atoms with E-state index in [-0.39, 0.29) is 12.0 Å². The molecule has 1 rings (SSSR count). The molecule has 90 valence electrons. The number of imidazole rings is 1. The topological polar surface area (TPSA) is 56.2 Å². The Kier molecular flexibility index (Phi) is 4.98. The molecule has 1 N–H and O–H groups in total. The number of aromatic nitrogens is 2. The van der Waals surface area contributed by atoms with E-state index >= 15 is 0 Å². The number of ether oxygens (including phenoxy) is 1. The number of rotatable bonds is 6. The highest BCUT2D eigenvalue weighted by Gasteiger charge is 2.17. The Morgan fingerprint density at radius 2 is 2.44 bits per heavy atom. The van der Waals surface area contributed by atoms with Gasteiger partial charge in [0.05, 0.1) is 31.6 Å². The lowest BCUT2D eigenvalue weighted by Gasteiger charge is -2.16. The van der Waals surface area contributed by atoms with Crippen molar-refractivity contribution in [2.75, 3.05) is 14.2 Å². The number of esters is 1. The van der Waals surface area contributed by atoms with Crippen LogP contribution in [-0.4, -0.2) is 29.7 Å². The molecule has 1 aromatic rings. The van der Waals surface area contributed by atoms with Crippen LogP contribution in [0.4, 0.5) is 0 Å². The molecule has 0 aromatic carbocycles. The number of hydrogen-bond donors (Lipinski definition) is 1. The summed E-state index contributed by atoms with van der Waals surface area (Å²) in [6.45, 7) is 3.02. The van der Waals surface area contributed by atoms with Crippen molar-refractivity contribution in [1.82, 2.24) is 14.9 Å². The number of methoxy groups -OCH3 is 1. The van der Waals surface area contributed by atoms with E-state index in [1.54, 1.807) is 12.5 Å². The summed E-state index contributed by atoms with van der Waals surface area (Å²) in [5.41, 5.74) is 1.02. The van der Waals surface area contributed by atoms with Gasteiger partial charge in [0, 0.05) is 12.7 Å². The summed E-state index contributed by atoms with van der Waals surface area (Å²) in [6.07, 6.45) is 4.95. The summed E-state index contributed by atoms with van der Waals surface area (Å²) in [5.74, 6) is -0.219. The van der Waals surface area contributed by atoms with Gasteiger partial charge in [0.2, 0.25) is 0 Å². The Hall–Kier alpha value is -1.36. The molecule has 0 spiro atoms. The quantitative estimate of drug-likeness (QED) is 0.737. The fourth-order valence-corrected chi connectivity index (χ4v) is 1.65. The zero-order valence-corrected chi connectivity index (χ0v) is 10.1. The lowest BCUT2D eigenvalue weighted by Crippen LogP contribution is -2.23. The van der Waals surface area contributed by atoms with Crippen molar-refractivity contribution in [3.63, 3.8) is 0 Å². The number of carbonyl (C=O) groups excluding carboxylic acids is 1. The third-order valence-electron chi connectivity index (χ3n) is 2.51. The van der Waals surface area contributed by atoms with E-state index in [1.807, 2.05) is 7.05 Å². The first-order valence-corrected chi connectivity index (χ1v) is 5.47. The molecule has 0 saturated carbocycles. The van der Waals surface area contributed by atoms with Crippen LogP contribution in [0, 0.1) is 0 Å². The van der Waals surface area contributed by atoms with Crippen LogP contribution in [0.5, 0.6) is 0 Å². The maximum Gasteiger partial charge on any atom is 0.307 e. The maximum atomic E-state index is 11.3. The molecule has 0 fully saturated rings. The zero-order valence-electron chi connectivity index (χ0n) is 10.1. The fourth-order valence-electron chi connectivity index (χ4n) is 1.65. The van der Waals surface area contributed by atoms with Gasteiger partial charge in [-0.3, -0.25) is 4.79 Å². The fraction of sp³-hybridized carbons (Fsp3) is 0.636. The van der Waals surface area contributed by atoms with Crippen LogP contribution in [0.2, 0.25) is 0 Å². The van der Waals surface area contributed by atoms with Crippen molar-refractivity contribution in [1.29, 1.82) is 0 Å². The van der Waals surface area contributed by atoms with Crippen molar-refractivity contribution in [2.24, 2.45) is 0 Å². The Morgan fingerprint density at radius 1 is 1.69 bits per heavy atom. The molecular weight excluding hydrogens is 206 g/mol. The molecule has 5 nitrogen and oxygen atoms in total. The predicted molar refractivity (Wildman–Crippen MR) is 61.0 cm³/mol. The molecule has 16 heavy (non-hydrogen) atoms. The first-order valence-electron chi connectivity index (χ1n) is 5.47. The summed E-state index contributed by atoms with van der Waals surface area (Å²) in [7, 11) is 3.23. The minimum Gasteiger partial charge on any atom is -0.469 e. The normalized spacial score (nSPS) is 12.4. The van der Waals surface area contributed by atoms with Crippen LogP contribution >= 0.6 is 0 Å². The summed E-state index contributed by atoms with van der Waals surface area (Å²) < 4.78 is 6.73. The van der Waals surface area contributed by atoms with Gasteiger partial charge >= 0.3 is 5.97 Å². The van der Waals surface area contributed by atoms with Gasteiger partial charge in [-0.2, -0.15) is 0 Å². The number of carbonyl (C=O) groups is 1. The Bertz CT molecular complexity index is 336. The van der Waals surface area contributed by atoms with Gasteiger partial charge in [-0.15, -0.1) is 0 Å². The van der Waals surface area contributed by atoms with Crippen molar-refractivity contribution >= 4 is 5.97 Å². The highest BCUT2D eigenvalue weighted by Crippen LogP contribution is 2.16. The minimum absolute atomic E-state index is 0.0403. The van der Waals surface area contributed by atoms with Gasteiger partial charge in [-0.25, -0.2) is 4.98 Å². The number of aryl methyl sites for hydroxylation is 1. The first-order chi connectivity index (χ1) is 7.72. The Balaban J connectivity index is 2.77. The molecule has 0 amide bonds. The smallest absolute Gasteiger partial charge is 0.307 e. The second-order valence-corrected chi connectivity index (χ2v) is 3.63. The monoisotopic (exact) mass is 225 g/mol. The summed E-state index contributed by atoms with van der Waals surface area (Å²) in [6, 6.07) is -0.0403. The van der Waals surface area contributed by atoms with Crippen molar-refractivity contribution in [3.8, 4) is 0 Å². The van der Waals surface area contributed by atoms with Gasteiger partial charge in [-0.1, -0.05) is 6.92 Å². The molecule has 1 unspecified atom stereocenters. The van der Waals surface area contributed by atoms with Crippen LogP contribution in [0.3, 0.4) is 0 Å². The van der Waals surface area contributed by atoms with Gasteiger partial charge in [0.25, 0.3) is 0 Å². The Labute approximate surface area is 95.8 Å². The minimum atomic E-state index is -0.219. The number of nitrogens with zero attached hydrogens (tertiary/aromatic N) is 2. The second kappa shape index (κ2) is 6.27. The van der Waals surface area contributed by atoms with Crippen molar-refractivity contribution in [3.05, 3.63) is 18.2 Å². The molecular formula is C11H19N3O2. The van der Waals surface area contributed by atoms with Gasteiger partial charge in [0.1, 0.15) is 0 Å². The van der Waals surface area contributed by atoms with E-state index in [2.05, 4.69) is 26.5 Å². The highest BCUT2D eigenvalue weighted by molar-refractivity contribution is 5.70. The molecule has 1 heterocycles. The lowest BCUT2D eigenvalue weighted by molar-refractivity contribution is -0.141. The average Bonchev–Trinajstić information content (AvgIpc) is 2.74. The molecule has 5 heteroatoms. The summed E-state index contributed by atoms with van der Waals surface area (Å²) in [4.78, 5) is 15.4. The molecule has 1 aromatic heterocycles. The molecule has 0 radical (unpaired) electrons. The number of hydrogen-bond acceptors (Lipinski definition) is 4. The number of nitrogens with one attached hydrogen (secondary N) is 1. The predicted octanol–water partition coefficient (Wildman–Crippen LogP) is 1.12. The van der Waals surface area contributed by atoms with Gasteiger partial charge in [-0.05, 0) is 13.5 Å². The molecule has 0 aliphatic rings. The highest BCUT2D eigenvalue weighted by atomic mass is 16.5. The van der Waals surface area contributed by atoms with E-state index in [0.29, 0.717) is 6.42 Å². The van der Waals surface area contributed by atoms with E-state index in [9.17, 15) is 4.79 Å². The van der Waals surface area contributed by atoms with Crippen LogP contribution in [0.1, 0.15) is 31.5 Å². The largest absolute Gasteiger partial charge is 0.469 e. The first kappa shape index (κ1) is 12.7. The van der Waals surface area contributed by atoms with Crippen molar-refractivity contribution in [2.45, 2.75) is 32.4 Å². The van der Waals surface area contributed by atoms with Gasteiger partial charge in [0.15, 0.2) is 0 Å². The Morgan fingerprint density at radius 3 is 3.00 bits per heavy atom. The molecule has 1 atom stereocenters. The standard InChI is InChI=1S/C11H19N3O2/c1-4-5-14-8-13-7-10(14)9(12-2)6-11(15)16-3/h7-9,12H,4-6H2,1-3H3. The van der Waals surface area contributed by atoms with E-state index < -0.39 is 0 Å². The van der Waals surface area contributed by atoms with E-state index in [0.717, 1.165) is 18.7 Å². The lowest BCUT2D eigenvalue weighted by atomic mass is 10.1. The van der Waals surface area contributed by atoms with E-state index in [1.165, 1.54) is 7.11 Å². The summed E-state index contributed by atoms with van der Waals surface area (Å²) in [5, 5.41) is 3.11.